The molecule has 11 nitrogen and oxygen atoms in total. The van der Waals surface area contributed by atoms with Crippen LogP contribution >= 0.6 is 0 Å². The normalized spacial score (nSPS) is 12.7. The van der Waals surface area contributed by atoms with E-state index in [0.29, 0.717) is 37.2 Å². The monoisotopic (exact) mass is 541 g/mol. The molecule has 1 aromatic carbocycles. The first-order chi connectivity index (χ1) is 18.4. The summed E-state index contributed by atoms with van der Waals surface area (Å²) in [5, 5.41) is 14.3. The van der Waals surface area contributed by atoms with Crippen LogP contribution < -0.4 is 15.4 Å². The van der Waals surface area contributed by atoms with Crippen molar-refractivity contribution in [1.29, 1.82) is 0 Å². The van der Waals surface area contributed by atoms with Gasteiger partial charge in [0, 0.05) is 12.7 Å². The summed E-state index contributed by atoms with van der Waals surface area (Å²) in [7, 11) is 1.60. The molecule has 0 aliphatic rings. The average molecular weight is 542 g/mol. The molecule has 39 heavy (non-hydrogen) atoms. The molecule has 1 atom stereocenters. The molecule has 11 heteroatoms. The fraction of sp³-hybridized carbons (Fsp3) is 0.500. The zero-order chi connectivity index (χ0) is 28.6. The molecule has 0 aliphatic carbocycles. The Hall–Kier alpha value is -3.70. The van der Waals surface area contributed by atoms with Crippen molar-refractivity contribution in [2.24, 2.45) is 0 Å². The molecular weight excluding hydrogens is 502 g/mol. The summed E-state index contributed by atoms with van der Waals surface area (Å²) in [6.07, 6.45) is -0.697. The zero-order valence-corrected chi connectivity index (χ0v) is 23.7. The predicted octanol–water partition coefficient (Wildman–Crippen LogP) is 3.74. The molecule has 0 spiro atoms. The summed E-state index contributed by atoms with van der Waals surface area (Å²) < 4.78 is 24.3. The first kappa shape index (κ1) is 29.9. The zero-order valence-electron chi connectivity index (χ0n) is 23.7. The molecule has 0 fully saturated rings. The summed E-state index contributed by atoms with van der Waals surface area (Å²) in [6, 6.07) is 12.7. The first-order valence-corrected chi connectivity index (χ1v) is 12.8. The van der Waals surface area contributed by atoms with Crippen LogP contribution in [-0.2, 0) is 25.6 Å². The lowest BCUT2D eigenvalue weighted by Gasteiger charge is -2.29. The number of hydrogen-bond donors (Lipinski definition) is 2. The first-order valence-electron chi connectivity index (χ1n) is 12.8. The van der Waals surface area contributed by atoms with Gasteiger partial charge in [-0.05, 0) is 53.2 Å². The van der Waals surface area contributed by atoms with Crippen LogP contribution in [0.5, 0.6) is 5.88 Å². The third-order valence-corrected chi connectivity index (χ3v) is 5.66. The van der Waals surface area contributed by atoms with Crippen molar-refractivity contribution in [3.8, 4) is 5.88 Å². The van der Waals surface area contributed by atoms with Crippen LogP contribution in [0.25, 0.3) is 5.65 Å². The van der Waals surface area contributed by atoms with Gasteiger partial charge in [0.25, 0.3) is 0 Å². The Labute approximate surface area is 229 Å². The van der Waals surface area contributed by atoms with Gasteiger partial charge < -0.3 is 29.6 Å². The van der Waals surface area contributed by atoms with Crippen molar-refractivity contribution >= 4 is 17.6 Å². The highest BCUT2D eigenvalue weighted by Gasteiger charge is 2.34. The van der Waals surface area contributed by atoms with Crippen LogP contribution in [0, 0.1) is 6.92 Å². The number of carbonyl (C=O) groups is 2. The van der Waals surface area contributed by atoms with Gasteiger partial charge in [-0.15, -0.1) is 10.2 Å². The number of aromatic nitrogens is 3. The quantitative estimate of drug-likeness (QED) is 0.332. The van der Waals surface area contributed by atoms with Gasteiger partial charge >= 0.3 is 6.09 Å². The Balaban J connectivity index is 1.90. The number of aryl methyl sites for hydroxylation is 1. The largest absolute Gasteiger partial charge is 0.476 e. The highest BCUT2D eigenvalue weighted by molar-refractivity contribution is 5.89. The Morgan fingerprint density at radius 2 is 1.72 bits per heavy atom. The van der Waals surface area contributed by atoms with Gasteiger partial charge in [0.05, 0.1) is 19.8 Å². The number of amides is 2. The highest BCUT2D eigenvalue weighted by atomic mass is 16.6. The molecule has 0 saturated heterocycles. The SMILES string of the molecule is COCCOc1c(C)ccc2nnc([C@@H](COCc3ccccc3)NC(=O)C(C)(C)NC(=O)OC(C)(C)C)n12. The third-order valence-electron chi connectivity index (χ3n) is 5.66. The number of methoxy groups -OCH3 is 1. The van der Waals surface area contributed by atoms with Crippen LogP contribution in [0.1, 0.15) is 57.6 Å². The molecule has 0 bridgehead atoms. The second-order valence-corrected chi connectivity index (χ2v) is 10.7. The number of nitrogens with one attached hydrogen (secondary N) is 2. The molecule has 212 valence electrons. The van der Waals surface area contributed by atoms with Crippen LogP contribution in [0.4, 0.5) is 4.79 Å². The Bertz CT molecular complexity index is 1250. The Morgan fingerprint density at radius 1 is 1.00 bits per heavy atom. The average Bonchev–Trinajstić information content (AvgIpc) is 3.28. The minimum Gasteiger partial charge on any atom is -0.476 e. The van der Waals surface area contributed by atoms with Gasteiger partial charge in [0.1, 0.15) is 23.8 Å². The van der Waals surface area contributed by atoms with E-state index in [2.05, 4.69) is 20.8 Å². The van der Waals surface area contributed by atoms with Crippen molar-refractivity contribution in [2.45, 2.75) is 65.3 Å². The lowest BCUT2D eigenvalue weighted by Crippen LogP contribution is -2.56. The van der Waals surface area contributed by atoms with E-state index < -0.39 is 29.2 Å². The molecule has 2 aromatic heterocycles. The number of carbonyl (C=O) groups excluding carboxylic acids is 2. The topological polar surface area (TPSA) is 125 Å². The molecule has 0 aliphatic heterocycles. The second kappa shape index (κ2) is 12.9. The molecular formula is C28H39N5O6. The number of ether oxygens (including phenoxy) is 4. The summed E-state index contributed by atoms with van der Waals surface area (Å²) in [4.78, 5) is 25.9. The lowest BCUT2D eigenvalue weighted by atomic mass is 10.0. The molecule has 2 amide bonds. The van der Waals surface area contributed by atoms with E-state index >= 15 is 0 Å². The van der Waals surface area contributed by atoms with E-state index in [0.717, 1.165) is 11.1 Å². The van der Waals surface area contributed by atoms with Gasteiger partial charge in [-0.3, -0.25) is 4.79 Å². The summed E-state index contributed by atoms with van der Waals surface area (Å²) >= 11 is 0. The number of benzene rings is 1. The van der Waals surface area contributed by atoms with E-state index in [1.807, 2.05) is 49.4 Å². The Kier molecular flexibility index (Phi) is 9.87. The van der Waals surface area contributed by atoms with Crippen LogP contribution in [0.15, 0.2) is 42.5 Å². The number of hydrogen-bond acceptors (Lipinski definition) is 8. The van der Waals surface area contributed by atoms with Gasteiger partial charge in [-0.25, -0.2) is 9.20 Å². The maximum Gasteiger partial charge on any atom is 0.408 e. The molecule has 2 N–H and O–H groups in total. The van der Waals surface area contributed by atoms with Crippen molar-refractivity contribution in [1.82, 2.24) is 25.2 Å². The van der Waals surface area contributed by atoms with Crippen molar-refractivity contribution in [2.75, 3.05) is 26.9 Å². The summed E-state index contributed by atoms with van der Waals surface area (Å²) in [5.74, 6) is 0.515. The number of rotatable bonds is 12. The Morgan fingerprint density at radius 3 is 2.38 bits per heavy atom. The molecule has 0 saturated carbocycles. The molecule has 0 radical (unpaired) electrons. The van der Waals surface area contributed by atoms with Crippen molar-refractivity contribution in [3.05, 3.63) is 59.4 Å². The number of alkyl carbamates (subject to hydrolysis) is 1. The van der Waals surface area contributed by atoms with Gasteiger partial charge in [0.15, 0.2) is 11.5 Å². The van der Waals surface area contributed by atoms with Gasteiger partial charge in [-0.2, -0.15) is 0 Å². The standard InChI is InChI=1S/C28H39N5O6/c1-19-13-14-22-31-32-23(33(22)24(19)38-16-15-36-7)21(18-37-17-20-11-9-8-10-12-20)29-25(34)28(5,6)30-26(35)39-27(2,3)4/h8-14,21H,15-18H2,1-7H3,(H,29,34)(H,30,35)/t21-/m1/s1. The van der Waals surface area contributed by atoms with Crippen LogP contribution in [-0.4, -0.2) is 64.7 Å². The van der Waals surface area contributed by atoms with E-state index in [4.69, 9.17) is 18.9 Å². The van der Waals surface area contributed by atoms with E-state index in [1.54, 1.807) is 46.1 Å². The lowest BCUT2D eigenvalue weighted by molar-refractivity contribution is -0.127. The van der Waals surface area contributed by atoms with Gasteiger partial charge in [-0.1, -0.05) is 36.4 Å². The minimum absolute atomic E-state index is 0.0927. The molecule has 2 heterocycles. The molecule has 0 unspecified atom stereocenters. The minimum atomic E-state index is -1.30. The fourth-order valence-electron chi connectivity index (χ4n) is 3.70. The molecule has 3 rings (SSSR count). The van der Waals surface area contributed by atoms with E-state index in [9.17, 15) is 9.59 Å². The maximum absolute atomic E-state index is 13.5. The van der Waals surface area contributed by atoms with Gasteiger partial charge in [0.2, 0.25) is 11.8 Å². The maximum atomic E-state index is 13.5. The summed E-state index contributed by atoms with van der Waals surface area (Å²) in [6.45, 7) is 11.5. The number of fused-ring (bicyclic) bond motifs is 1. The van der Waals surface area contributed by atoms with E-state index in [1.165, 1.54) is 0 Å². The van der Waals surface area contributed by atoms with Crippen molar-refractivity contribution in [3.63, 3.8) is 0 Å². The van der Waals surface area contributed by atoms with E-state index in [-0.39, 0.29) is 6.61 Å². The number of nitrogens with zero attached hydrogens (tertiary/aromatic N) is 3. The fourth-order valence-corrected chi connectivity index (χ4v) is 3.70. The van der Waals surface area contributed by atoms with Crippen LogP contribution in [0.2, 0.25) is 0 Å². The predicted molar refractivity (Wildman–Crippen MR) is 146 cm³/mol. The van der Waals surface area contributed by atoms with Crippen LogP contribution in [0.3, 0.4) is 0 Å². The second-order valence-electron chi connectivity index (χ2n) is 10.7. The number of pyridine rings is 1. The smallest absolute Gasteiger partial charge is 0.408 e. The highest BCUT2D eigenvalue weighted by Crippen LogP contribution is 2.25. The molecule has 3 aromatic rings. The van der Waals surface area contributed by atoms with Crippen molar-refractivity contribution < 1.29 is 28.5 Å². The third kappa shape index (κ3) is 8.39. The summed E-state index contributed by atoms with van der Waals surface area (Å²) in [5.41, 5.74) is 0.397.